The zero-order valence-electron chi connectivity index (χ0n) is 9.17. The van der Waals surface area contributed by atoms with Gasteiger partial charge in [0.05, 0.1) is 6.42 Å². The second-order valence-electron chi connectivity index (χ2n) is 3.67. The smallest absolute Gasteiger partial charge is 0.303 e. The van der Waals surface area contributed by atoms with Crippen molar-refractivity contribution in [2.45, 2.75) is 19.1 Å². The Labute approximate surface area is 94.5 Å². The van der Waals surface area contributed by atoms with Crippen LogP contribution < -0.4 is 0 Å². The van der Waals surface area contributed by atoms with Gasteiger partial charge in [-0.2, -0.15) is 0 Å². The number of ether oxygens (including phenoxy) is 1. The molecule has 0 fully saturated rings. The van der Waals surface area contributed by atoms with Crippen LogP contribution in [0.5, 0.6) is 0 Å². The summed E-state index contributed by atoms with van der Waals surface area (Å²) in [4.78, 5) is 10.7. The first kappa shape index (κ1) is 12.7. The molecule has 0 aliphatic rings. The van der Waals surface area contributed by atoms with E-state index in [2.05, 4.69) is 0 Å². The Morgan fingerprint density at radius 2 is 2.00 bits per heavy atom. The van der Waals surface area contributed by atoms with Gasteiger partial charge in [0.2, 0.25) is 0 Å². The maximum absolute atomic E-state index is 10.7. The minimum Gasteiger partial charge on any atom is -0.481 e. The molecular weight excluding hydrogens is 208 g/mol. The first-order valence-corrected chi connectivity index (χ1v) is 5.10. The van der Waals surface area contributed by atoms with E-state index < -0.39 is 18.2 Å². The summed E-state index contributed by atoms with van der Waals surface area (Å²) in [6.45, 7) is 0. The predicted octanol–water partition coefficient (Wildman–Crippen LogP) is 1.28. The van der Waals surface area contributed by atoms with Crippen LogP contribution in [0.15, 0.2) is 30.3 Å². The van der Waals surface area contributed by atoms with Crippen LogP contribution in [0.1, 0.15) is 12.0 Å². The molecule has 1 aromatic carbocycles. The number of carbonyl (C=O) groups is 1. The van der Waals surface area contributed by atoms with Gasteiger partial charge in [0, 0.05) is 13.0 Å². The quantitative estimate of drug-likeness (QED) is 0.714. The number of carboxylic acid groups (broad SMARTS) is 1. The fourth-order valence-electron chi connectivity index (χ4n) is 1.61. The van der Waals surface area contributed by atoms with Crippen molar-refractivity contribution >= 4 is 5.97 Å². The van der Waals surface area contributed by atoms with Crippen molar-refractivity contribution in [3.05, 3.63) is 35.9 Å². The zero-order chi connectivity index (χ0) is 12.0. The molecule has 2 atom stereocenters. The van der Waals surface area contributed by atoms with Crippen LogP contribution in [0.2, 0.25) is 0 Å². The molecule has 0 aromatic heterocycles. The molecule has 16 heavy (non-hydrogen) atoms. The SMILES string of the molecule is COC(O)[C@@H](CC(=O)O)Cc1ccccc1. The fraction of sp³-hybridized carbons (Fsp3) is 0.417. The number of hydrogen-bond donors (Lipinski definition) is 2. The highest BCUT2D eigenvalue weighted by Crippen LogP contribution is 2.16. The third-order valence-electron chi connectivity index (χ3n) is 2.42. The average molecular weight is 224 g/mol. The molecule has 0 amide bonds. The average Bonchev–Trinajstić information content (AvgIpc) is 2.28. The number of aliphatic hydroxyl groups is 1. The summed E-state index contributed by atoms with van der Waals surface area (Å²) in [6.07, 6.45) is -0.664. The lowest BCUT2D eigenvalue weighted by Crippen LogP contribution is -2.26. The normalized spacial score (nSPS) is 14.4. The first-order valence-electron chi connectivity index (χ1n) is 5.10. The predicted molar refractivity (Wildman–Crippen MR) is 58.9 cm³/mol. The van der Waals surface area contributed by atoms with E-state index >= 15 is 0 Å². The number of carboxylic acids is 1. The van der Waals surface area contributed by atoms with Gasteiger partial charge >= 0.3 is 5.97 Å². The third kappa shape index (κ3) is 4.00. The number of rotatable bonds is 6. The molecule has 1 rings (SSSR count). The molecule has 0 aliphatic carbocycles. The van der Waals surface area contributed by atoms with Crippen LogP contribution in [0.4, 0.5) is 0 Å². The van der Waals surface area contributed by atoms with Gasteiger partial charge in [0.25, 0.3) is 0 Å². The van der Waals surface area contributed by atoms with E-state index in [0.29, 0.717) is 6.42 Å². The second-order valence-corrected chi connectivity index (χ2v) is 3.67. The lowest BCUT2D eigenvalue weighted by atomic mass is 9.95. The summed E-state index contributed by atoms with van der Waals surface area (Å²) in [6, 6.07) is 9.45. The minimum absolute atomic E-state index is 0.107. The first-order chi connectivity index (χ1) is 7.63. The van der Waals surface area contributed by atoms with Gasteiger partial charge in [0.1, 0.15) is 0 Å². The number of aliphatic hydroxyl groups excluding tert-OH is 1. The molecule has 1 aromatic rings. The van der Waals surface area contributed by atoms with Crippen LogP contribution >= 0.6 is 0 Å². The standard InChI is InChI=1S/C12H16O4/c1-16-12(15)10(8-11(13)14)7-9-5-3-2-4-6-9/h2-6,10,12,15H,7-8H2,1H3,(H,13,14)/t10-,12?/m1/s1. The van der Waals surface area contributed by atoms with E-state index in [4.69, 9.17) is 9.84 Å². The fourth-order valence-corrected chi connectivity index (χ4v) is 1.61. The molecule has 0 saturated carbocycles. The largest absolute Gasteiger partial charge is 0.481 e. The van der Waals surface area contributed by atoms with Gasteiger partial charge in [-0.1, -0.05) is 30.3 Å². The number of hydrogen-bond acceptors (Lipinski definition) is 3. The van der Waals surface area contributed by atoms with E-state index in [1.54, 1.807) is 0 Å². The molecular formula is C12H16O4. The third-order valence-corrected chi connectivity index (χ3v) is 2.42. The van der Waals surface area contributed by atoms with E-state index in [-0.39, 0.29) is 6.42 Å². The minimum atomic E-state index is -1.05. The maximum Gasteiger partial charge on any atom is 0.303 e. The van der Waals surface area contributed by atoms with E-state index in [9.17, 15) is 9.90 Å². The number of methoxy groups -OCH3 is 1. The summed E-state index contributed by atoms with van der Waals surface area (Å²) in [7, 11) is 1.37. The molecule has 4 nitrogen and oxygen atoms in total. The van der Waals surface area contributed by atoms with Gasteiger partial charge in [-0.05, 0) is 12.0 Å². The molecule has 88 valence electrons. The monoisotopic (exact) mass is 224 g/mol. The molecule has 0 radical (unpaired) electrons. The lowest BCUT2D eigenvalue weighted by molar-refractivity contribution is -0.147. The summed E-state index contributed by atoms with van der Waals surface area (Å²) in [5.41, 5.74) is 0.991. The Hall–Kier alpha value is -1.39. The Balaban J connectivity index is 2.67. The van der Waals surface area contributed by atoms with Gasteiger partial charge in [0.15, 0.2) is 6.29 Å². The van der Waals surface area contributed by atoms with Crippen LogP contribution in [-0.4, -0.2) is 29.6 Å². The summed E-state index contributed by atoms with van der Waals surface area (Å²) in [5.74, 6) is -1.36. The zero-order valence-corrected chi connectivity index (χ0v) is 9.17. The van der Waals surface area contributed by atoms with Crippen LogP contribution in [0.3, 0.4) is 0 Å². The van der Waals surface area contributed by atoms with Crippen molar-refractivity contribution < 1.29 is 19.7 Å². The molecule has 4 heteroatoms. The summed E-state index contributed by atoms with van der Waals surface area (Å²) >= 11 is 0. The molecule has 0 aliphatic heterocycles. The van der Waals surface area contributed by atoms with Crippen molar-refractivity contribution in [2.24, 2.45) is 5.92 Å². The van der Waals surface area contributed by atoms with Crippen molar-refractivity contribution in [1.82, 2.24) is 0 Å². The molecule has 1 unspecified atom stereocenters. The van der Waals surface area contributed by atoms with Gasteiger partial charge < -0.3 is 14.9 Å². The molecule has 0 bridgehead atoms. The molecule has 0 spiro atoms. The molecule has 0 heterocycles. The second kappa shape index (κ2) is 6.25. The van der Waals surface area contributed by atoms with Crippen molar-refractivity contribution in [3.63, 3.8) is 0 Å². The highest BCUT2D eigenvalue weighted by atomic mass is 16.6. The van der Waals surface area contributed by atoms with E-state index in [1.807, 2.05) is 30.3 Å². The topological polar surface area (TPSA) is 66.8 Å². The Kier molecular flexibility index (Phi) is 4.95. The van der Waals surface area contributed by atoms with Gasteiger partial charge in [-0.15, -0.1) is 0 Å². The van der Waals surface area contributed by atoms with E-state index in [0.717, 1.165) is 5.56 Å². The summed E-state index contributed by atoms with van der Waals surface area (Å²) in [5, 5.41) is 18.3. The van der Waals surface area contributed by atoms with Crippen LogP contribution in [0, 0.1) is 5.92 Å². The highest BCUT2D eigenvalue weighted by Gasteiger charge is 2.22. The van der Waals surface area contributed by atoms with Gasteiger partial charge in [-0.3, -0.25) is 4.79 Å². The lowest BCUT2D eigenvalue weighted by Gasteiger charge is -2.19. The Morgan fingerprint density at radius 1 is 1.38 bits per heavy atom. The summed E-state index contributed by atoms with van der Waals surface area (Å²) < 4.78 is 4.78. The number of aliphatic carboxylic acids is 1. The number of benzene rings is 1. The maximum atomic E-state index is 10.7. The van der Waals surface area contributed by atoms with Crippen LogP contribution in [0.25, 0.3) is 0 Å². The Morgan fingerprint density at radius 3 is 2.50 bits per heavy atom. The van der Waals surface area contributed by atoms with Crippen LogP contribution in [-0.2, 0) is 16.0 Å². The van der Waals surface area contributed by atoms with Crippen molar-refractivity contribution in [3.8, 4) is 0 Å². The highest BCUT2D eigenvalue weighted by molar-refractivity contribution is 5.67. The van der Waals surface area contributed by atoms with Crippen molar-refractivity contribution in [1.29, 1.82) is 0 Å². The van der Waals surface area contributed by atoms with Gasteiger partial charge in [-0.25, -0.2) is 0 Å². The van der Waals surface area contributed by atoms with E-state index in [1.165, 1.54) is 7.11 Å². The Bertz CT molecular complexity index is 323. The van der Waals surface area contributed by atoms with Crippen molar-refractivity contribution in [2.75, 3.05) is 7.11 Å². The molecule has 0 saturated heterocycles. The molecule has 2 N–H and O–H groups in total.